The maximum atomic E-state index is 14.4. The molecule has 8 N–H and O–H groups in total. The number of nitrogens with one attached hydrogen (secondary N) is 5. The van der Waals surface area contributed by atoms with Crippen molar-refractivity contribution in [2.24, 2.45) is 17.8 Å². The van der Waals surface area contributed by atoms with E-state index in [9.17, 15) is 48.9 Å². The van der Waals surface area contributed by atoms with Gasteiger partial charge in [0.25, 0.3) is 0 Å². The van der Waals surface area contributed by atoms with Gasteiger partial charge in [-0.1, -0.05) is 39.8 Å². The number of nitrogens with zero attached hydrogens (tertiary/aromatic N) is 1. The van der Waals surface area contributed by atoms with Crippen LogP contribution >= 0.6 is 0 Å². The number of carboxylic acids is 1. The number of aromatic hydroxyl groups is 1. The zero-order chi connectivity index (χ0) is 42.1. The average molecular weight is 787 g/mol. The molecule has 16 heteroatoms. The molecule has 312 valence electrons. The number of Topliss-reactive ketones (excluding diaryl/α,β-unsaturated/α-hetero) is 1. The van der Waals surface area contributed by atoms with E-state index >= 15 is 0 Å². The van der Waals surface area contributed by atoms with Gasteiger partial charge in [0.05, 0.1) is 36.6 Å². The van der Waals surface area contributed by atoms with Crippen molar-refractivity contribution in [1.29, 1.82) is 0 Å². The molecule has 0 saturated carbocycles. The number of fused-ring (bicyclic) bond motifs is 1. The fourth-order valence-electron chi connectivity index (χ4n) is 7.35. The highest BCUT2D eigenvalue weighted by atomic mass is 16.4. The van der Waals surface area contributed by atoms with Crippen LogP contribution in [0.3, 0.4) is 0 Å². The van der Waals surface area contributed by atoms with E-state index in [0.717, 1.165) is 0 Å². The van der Waals surface area contributed by atoms with Crippen LogP contribution in [0.15, 0.2) is 24.3 Å². The minimum absolute atomic E-state index is 0.00141. The molecule has 2 fully saturated rings. The van der Waals surface area contributed by atoms with Crippen LogP contribution in [0.4, 0.5) is 0 Å². The van der Waals surface area contributed by atoms with E-state index in [4.69, 9.17) is 0 Å². The van der Waals surface area contributed by atoms with Crippen molar-refractivity contribution in [2.75, 3.05) is 6.54 Å². The van der Waals surface area contributed by atoms with Gasteiger partial charge < -0.3 is 41.9 Å². The molecule has 5 amide bonds. The topological polar surface area (TPSA) is 244 Å². The molecule has 2 aliphatic heterocycles. The number of benzene rings is 1. The third-order valence-electron chi connectivity index (χ3n) is 9.88. The number of amides is 5. The summed E-state index contributed by atoms with van der Waals surface area (Å²) in [6.45, 7) is 14.4. The zero-order valence-corrected chi connectivity index (χ0v) is 33.9. The molecule has 1 aromatic rings. The van der Waals surface area contributed by atoms with E-state index in [-0.39, 0.29) is 43.4 Å². The second-order valence-corrected chi connectivity index (χ2v) is 17.1. The lowest BCUT2D eigenvalue weighted by molar-refractivity contribution is -0.143. The van der Waals surface area contributed by atoms with Crippen molar-refractivity contribution < 1.29 is 48.9 Å². The first-order chi connectivity index (χ1) is 26.1. The van der Waals surface area contributed by atoms with Gasteiger partial charge in [0.2, 0.25) is 29.5 Å². The van der Waals surface area contributed by atoms with Crippen LogP contribution in [0.5, 0.6) is 5.75 Å². The number of aliphatic hydroxyl groups is 1. The Morgan fingerprint density at radius 1 is 0.839 bits per heavy atom. The van der Waals surface area contributed by atoms with Crippen molar-refractivity contribution in [3.63, 3.8) is 0 Å². The summed E-state index contributed by atoms with van der Waals surface area (Å²) in [6.07, 6.45) is -1.69. The van der Waals surface area contributed by atoms with Gasteiger partial charge in [0.1, 0.15) is 23.9 Å². The Kier molecular flexibility index (Phi) is 16.4. The highest BCUT2D eigenvalue weighted by Gasteiger charge is 2.45. The fraction of sp³-hybridized carbons (Fsp3) is 0.675. The lowest BCUT2D eigenvalue weighted by Gasteiger charge is -2.40. The first-order valence-corrected chi connectivity index (χ1v) is 19.6. The third kappa shape index (κ3) is 13.6. The van der Waals surface area contributed by atoms with Crippen LogP contribution in [0, 0.1) is 17.8 Å². The molecule has 0 radical (unpaired) electrons. The number of aliphatic hydroxyl groups excluding tert-OH is 1. The molecule has 1 aromatic carbocycles. The maximum Gasteiger partial charge on any atom is 0.304 e. The molecule has 0 aromatic heterocycles. The Morgan fingerprint density at radius 2 is 1.45 bits per heavy atom. The second-order valence-electron chi connectivity index (χ2n) is 17.1. The van der Waals surface area contributed by atoms with Gasteiger partial charge in [-0.3, -0.25) is 38.5 Å². The van der Waals surface area contributed by atoms with E-state index < -0.39 is 108 Å². The lowest BCUT2D eigenvalue weighted by atomic mass is 9.90. The number of carbonyl (C=O) groups excluding carboxylic acids is 6. The molecule has 0 bridgehead atoms. The molecule has 2 saturated heterocycles. The molecule has 0 spiro atoms. The van der Waals surface area contributed by atoms with Crippen molar-refractivity contribution in [3.8, 4) is 5.75 Å². The Morgan fingerprint density at radius 3 is 2.00 bits per heavy atom. The molecular weight excluding hydrogens is 724 g/mol. The van der Waals surface area contributed by atoms with Gasteiger partial charge in [0, 0.05) is 18.4 Å². The number of hydrogen-bond donors (Lipinski definition) is 8. The van der Waals surface area contributed by atoms with Crippen molar-refractivity contribution in [1.82, 2.24) is 31.5 Å². The zero-order valence-electron chi connectivity index (χ0n) is 33.9. The maximum absolute atomic E-state index is 14.4. The van der Waals surface area contributed by atoms with Crippen LogP contribution in [0.2, 0.25) is 0 Å². The number of aliphatic carboxylic acids is 1. The van der Waals surface area contributed by atoms with Crippen LogP contribution in [-0.2, 0) is 40.0 Å². The predicted octanol–water partition coefficient (Wildman–Crippen LogP) is 1.16. The second kappa shape index (κ2) is 20.0. The van der Waals surface area contributed by atoms with Crippen LogP contribution < -0.4 is 26.6 Å². The summed E-state index contributed by atoms with van der Waals surface area (Å²) in [4.78, 5) is 98.3. The van der Waals surface area contributed by atoms with Crippen molar-refractivity contribution in [2.45, 2.75) is 148 Å². The Labute approximate surface area is 329 Å². The molecule has 0 aliphatic carbocycles. The fourth-order valence-corrected chi connectivity index (χ4v) is 7.35. The molecule has 2 aliphatic rings. The SMILES string of the molecule is CC(C)C[C@@H]1NC(=O)[C@H](Cc2ccc(O)cc2)NC(=O)[C@@H]2CCCN2[C@H](C(=O)NC(C)(C)C)[C@H](CC(C)C)NC(=O)[C@H]([C@@H](C)O)NC(=O)[C@H](CC(=O)O)CC1=O. The molecular formula is C40H62N6O10. The molecule has 56 heavy (non-hydrogen) atoms. The number of hydrogen-bond acceptors (Lipinski definition) is 10. The van der Waals surface area contributed by atoms with Crippen molar-refractivity contribution in [3.05, 3.63) is 29.8 Å². The Balaban J connectivity index is 2.23. The van der Waals surface area contributed by atoms with Gasteiger partial charge in [0.15, 0.2) is 5.78 Å². The normalized spacial score (nSPS) is 27.0. The minimum atomic E-state index is -1.60. The predicted molar refractivity (Wildman–Crippen MR) is 207 cm³/mol. The number of carbonyl (C=O) groups is 7. The molecule has 8 atom stereocenters. The van der Waals surface area contributed by atoms with E-state index in [1.165, 1.54) is 19.1 Å². The number of ketones is 1. The van der Waals surface area contributed by atoms with Gasteiger partial charge in [-0.15, -0.1) is 0 Å². The van der Waals surface area contributed by atoms with Crippen molar-refractivity contribution >= 4 is 41.3 Å². The molecule has 16 nitrogen and oxygen atoms in total. The molecule has 2 heterocycles. The smallest absolute Gasteiger partial charge is 0.304 e. The van der Waals surface area contributed by atoms with E-state index in [1.807, 2.05) is 27.7 Å². The van der Waals surface area contributed by atoms with Gasteiger partial charge in [-0.25, -0.2) is 0 Å². The summed E-state index contributed by atoms with van der Waals surface area (Å²) in [5.74, 6) is -7.23. The number of carboxylic acid groups (broad SMARTS) is 1. The summed E-state index contributed by atoms with van der Waals surface area (Å²) < 4.78 is 0. The van der Waals surface area contributed by atoms with Crippen LogP contribution in [0.1, 0.15) is 99.5 Å². The van der Waals surface area contributed by atoms with Gasteiger partial charge in [-0.05, 0) is 89.5 Å². The summed E-state index contributed by atoms with van der Waals surface area (Å²) in [5, 5.41) is 44.3. The molecule has 0 unspecified atom stereocenters. The summed E-state index contributed by atoms with van der Waals surface area (Å²) in [6, 6.07) is -0.892. The monoisotopic (exact) mass is 786 g/mol. The van der Waals surface area contributed by atoms with E-state index in [1.54, 1.807) is 37.8 Å². The first kappa shape index (κ1) is 45.8. The van der Waals surface area contributed by atoms with E-state index in [0.29, 0.717) is 18.4 Å². The lowest BCUT2D eigenvalue weighted by Crippen LogP contribution is -2.66. The standard InChI is InChI=1S/C40H62N6O10/c1-21(2)16-27-31(49)19-25(20-32(50)51)35(52)44-33(23(5)47)38(55)42-28(17-22(3)4)34(39(56)45-40(6,7)8)46-15-9-10-30(46)37(54)43-29(36(53)41-27)18-24-11-13-26(48)14-12-24/h11-14,21-23,25,27-30,33-34,47-48H,9-10,15-20H2,1-8H3,(H,41,53)(H,42,55)(H,43,54)(H,44,52)(H,45,56)(H,50,51)/t23-,25+,27+,28+,29+,30+,33+,34+/m1/s1. The quantitative estimate of drug-likeness (QED) is 0.167. The molecule has 3 rings (SSSR count). The van der Waals surface area contributed by atoms with E-state index in [2.05, 4.69) is 26.6 Å². The highest BCUT2D eigenvalue weighted by Crippen LogP contribution is 2.26. The number of phenolic OH excluding ortho intramolecular Hbond substituents is 1. The van der Waals surface area contributed by atoms with Crippen LogP contribution in [-0.4, -0.2) is 116 Å². The third-order valence-corrected chi connectivity index (χ3v) is 9.88. The summed E-state index contributed by atoms with van der Waals surface area (Å²) in [7, 11) is 0. The number of rotatable bonds is 10. The van der Waals surface area contributed by atoms with Gasteiger partial charge in [-0.2, -0.15) is 0 Å². The Hall–Kier alpha value is -4.57. The first-order valence-electron chi connectivity index (χ1n) is 19.6. The number of phenols is 1. The summed E-state index contributed by atoms with van der Waals surface area (Å²) in [5.41, 5.74) is -0.118. The Bertz CT molecular complexity index is 1570. The van der Waals surface area contributed by atoms with Gasteiger partial charge >= 0.3 is 5.97 Å². The van der Waals surface area contributed by atoms with Crippen LogP contribution in [0.25, 0.3) is 0 Å². The largest absolute Gasteiger partial charge is 0.508 e. The summed E-state index contributed by atoms with van der Waals surface area (Å²) >= 11 is 0. The minimum Gasteiger partial charge on any atom is -0.508 e. The average Bonchev–Trinajstić information content (AvgIpc) is 3.54. The highest BCUT2D eigenvalue weighted by molar-refractivity contribution is 5.97.